The summed E-state index contributed by atoms with van der Waals surface area (Å²) in [5.41, 5.74) is 0.0895. The van der Waals surface area contributed by atoms with Crippen LogP contribution in [0.2, 0.25) is 0 Å². The first-order valence-corrected chi connectivity index (χ1v) is 3.60. The number of hydrogen-bond donors (Lipinski definition) is 0. The normalized spacial score (nSPS) is 27.7. The maximum atomic E-state index is 11.0. The van der Waals surface area contributed by atoms with Crippen molar-refractivity contribution >= 4 is 5.97 Å². The van der Waals surface area contributed by atoms with Gasteiger partial charge < -0.3 is 4.74 Å². The standard InChI is InChI=1S/C8H13O2/c1-4-10-7(9)6-5-8(6,2)3/h5-6H,4H2,1-3H3. The highest BCUT2D eigenvalue weighted by atomic mass is 16.5. The molecule has 0 saturated heterocycles. The summed E-state index contributed by atoms with van der Waals surface area (Å²) in [6, 6.07) is 0. The maximum absolute atomic E-state index is 11.0. The van der Waals surface area contributed by atoms with Gasteiger partial charge in [0.25, 0.3) is 0 Å². The molecule has 0 heterocycles. The second-order valence-corrected chi connectivity index (χ2v) is 3.22. The molecular weight excluding hydrogens is 128 g/mol. The topological polar surface area (TPSA) is 26.3 Å². The lowest BCUT2D eigenvalue weighted by molar-refractivity contribution is -0.145. The summed E-state index contributed by atoms with van der Waals surface area (Å²) in [5, 5.41) is 0. The third-order valence-electron chi connectivity index (χ3n) is 1.83. The fraction of sp³-hybridized carbons (Fsp3) is 0.750. The van der Waals surface area contributed by atoms with Crippen molar-refractivity contribution in [3.05, 3.63) is 6.42 Å². The molecule has 0 N–H and O–H groups in total. The van der Waals surface area contributed by atoms with Crippen LogP contribution in [0, 0.1) is 17.8 Å². The van der Waals surface area contributed by atoms with Crippen LogP contribution < -0.4 is 0 Å². The van der Waals surface area contributed by atoms with E-state index in [1.165, 1.54) is 0 Å². The summed E-state index contributed by atoms with van der Waals surface area (Å²) in [6.07, 6.45) is 2.00. The Hall–Kier alpha value is -0.530. The highest BCUT2D eigenvalue weighted by Gasteiger charge is 2.52. The average Bonchev–Trinajstić information content (AvgIpc) is 2.41. The van der Waals surface area contributed by atoms with E-state index < -0.39 is 0 Å². The Morgan fingerprint density at radius 2 is 2.20 bits per heavy atom. The minimum Gasteiger partial charge on any atom is -0.466 e. The Labute approximate surface area is 61.6 Å². The molecule has 0 bridgehead atoms. The van der Waals surface area contributed by atoms with Crippen LogP contribution in [0.25, 0.3) is 0 Å². The third kappa shape index (κ3) is 1.31. The van der Waals surface area contributed by atoms with E-state index in [1.807, 2.05) is 27.2 Å². The minimum absolute atomic E-state index is 0.0486. The van der Waals surface area contributed by atoms with Crippen molar-refractivity contribution < 1.29 is 9.53 Å². The van der Waals surface area contributed by atoms with E-state index in [4.69, 9.17) is 4.74 Å². The van der Waals surface area contributed by atoms with E-state index in [-0.39, 0.29) is 17.3 Å². The molecule has 2 heteroatoms. The molecule has 0 aromatic carbocycles. The Morgan fingerprint density at radius 3 is 2.50 bits per heavy atom. The summed E-state index contributed by atoms with van der Waals surface area (Å²) in [6.45, 7) is 6.38. The summed E-state index contributed by atoms with van der Waals surface area (Å²) in [7, 11) is 0. The summed E-state index contributed by atoms with van der Waals surface area (Å²) in [5.74, 6) is -0.0278. The first kappa shape index (κ1) is 7.58. The van der Waals surface area contributed by atoms with Gasteiger partial charge in [-0.3, -0.25) is 4.79 Å². The SMILES string of the molecule is CCOC(=O)C1[CH]C1(C)C. The van der Waals surface area contributed by atoms with E-state index in [9.17, 15) is 4.79 Å². The first-order valence-electron chi connectivity index (χ1n) is 3.60. The third-order valence-corrected chi connectivity index (χ3v) is 1.83. The number of esters is 1. The van der Waals surface area contributed by atoms with Gasteiger partial charge in [-0.2, -0.15) is 0 Å². The van der Waals surface area contributed by atoms with Crippen molar-refractivity contribution in [3.63, 3.8) is 0 Å². The van der Waals surface area contributed by atoms with Crippen molar-refractivity contribution in [3.8, 4) is 0 Å². The van der Waals surface area contributed by atoms with Gasteiger partial charge in [-0.25, -0.2) is 0 Å². The second-order valence-electron chi connectivity index (χ2n) is 3.22. The van der Waals surface area contributed by atoms with Crippen LogP contribution in [0.15, 0.2) is 0 Å². The number of carbonyl (C=O) groups is 1. The second kappa shape index (κ2) is 2.26. The molecular formula is C8H13O2. The molecule has 0 aromatic heterocycles. The van der Waals surface area contributed by atoms with Crippen molar-refractivity contribution in [1.82, 2.24) is 0 Å². The number of rotatable bonds is 2. The van der Waals surface area contributed by atoms with E-state index >= 15 is 0 Å². The Bertz CT molecular complexity index is 149. The lowest BCUT2D eigenvalue weighted by atomic mass is 10.1. The van der Waals surface area contributed by atoms with Gasteiger partial charge in [0, 0.05) is 0 Å². The molecule has 1 unspecified atom stereocenters. The van der Waals surface area contributed by atoms with Crippen LogP contribution in [0.1, 0.15) is 20.8 Å². The quantitative estimate of drug-likeness (QED) is 0.543. The van der Waals surface area contributed by atoms with Crippen LogP contribution in [0.4, 0.5) is 0 Å². The predicted octanol–water partition coefficient (Wildman–Crippen LogP) is 1.41. The number of ether oxygens (including phenoxy) is 1. The van der Waals surface area contributed by atoms with Crippen LogP contribution in [0.3, 0.4) is 0 Å². The van der Waals surface area contributed by atoms with Crippen molar-refractivity contribution in [2.75, 3.05) is 6.61 Å². The molecule has 0 amide bonds. The number of hydrogen-bond acceptors (Lipinski definition) is 2. The van der Waals surface area contributed by atoms with Crippen molar-refractivity contribution in [1.29, 1.82) is 0 Å². The van der Waals surface area contributed by atoms with Gasteiger partial charge in [-0.15, -0.1) is 0 Å². The van der Waals surface area contributed by atoms with E-state index in [0.29, 0.717) is 6.61 Å². The van der Waals surface area contributed by atoms with Gasteiger partial charge in [-0.1, -0.05) is 13.8 Å². The van der Waals surface area contributed by atoms with Gasteiger partial charge in [0.1, 0.15) is 0 Å². The molecule has 0 aliphatic heterocycles. The largest absolute Gasteiger partial charge is 0.466 e. The average molecular weight is 141 g/mol. The molecule has 1 radical (unpaired) electrons. The number of carbonyl (C=O) groups excluding carboxylic acids is 1. The molecule has 1 fully saturated rings. The Kier molecular flexibility index (Phi) is 1.71. The lowest BCUT2D eigenvalue weighted by Gasteiger charge is -2.01. The summed E-state index contributed by atoms with van der Waals surface area (Å²) < 4.78 is 4.83. The van der Waals surface area contributed by atoms with Gasteiger partial charge in [0.15, 0.2) is 0 Å². The van der Waals surface area contributed by atoms with E-state index in [0.717, 1.165) is 0 Å². The highest BCUT2D eigenvalue weighted by molar-refractivity contribution is 5.79. The van der Waals surface area contributed by atoms with Crippen LogP contribution in [-0.4, -0.2) is 12.6 Å². The molecule has 1 rings (SSSR count). The van der Waals surface area contributed by atoms with Crippen molar-refractivity contribution in [2.45, 2.75) is 20.8 Å². The molecule has 1 saturated carbocycles. The molecule has 10 heavy (non-hydrogen) atoms. The molecule has 57 valence electrons. The van der Waals surface area contributed by atoms with Gasteiger partial charge in [-0.05, 0) is 18.8 Å². The highest BCUT2D eigenvalue weighted by Crippen LogP contribution is 2.50. The van der Waals surface area contributed by atoms with Crippen LogP contribution in [0.5, 0.6) is 0 Å². The monoisotopic (exact) mass is 141 g/mol. The summed E-state index contributed by atoms with van der Waals surface area (Å²) >= 11 is 0. The van der Waals surface area contributed by atoms with Crippen LogP contribution in [-0.2, 0) is 9.53 Å². The zero-order valence-corrected chi connectivity index (χ0v) is 6.68. The zero-order valence-electron chi connectivity index (χ0n) is 6.68. The first-order chi connectivity index (χ1) is 4.58. The van der Waals surface area contributed by atoms with E-state index in [1.54, 1.807) is 0 Å². The van der Waals surface area contributed by atoms with Gasteiger partial charge >= 0.3 is 5.97 Å². The van der Waals surface area contributed by atoms with E-state index in [2.05, 4.69) is 0 Å². The minimum atomic E-state index is -0.0764. The molecule has 1 aliphatic rings. The maximum Gasteiger partial charge on any atom is 0.309 e. The summed E-state index contributed by atoms with van der Waals surface area (Å²) in [4.78, 5) is 11.0. The zero-order chi connectivity index (χ0) is 7.78. The smallest absolute Gasteiger partial charge is 0.309 e. The lowest BCUT2D eigenvalue weighted by Crippen LogP contribution is -2.09. The Balaban J connectivity index is 2.33. The predicted molar refractivity (Wildman–Crippen MR) is 38.2 cm³/mol. The molecule has 0 spiro atoms. The Morgan fingerprint density at radius 1 is 1.70 bits per heavy atom. The van der Waals surface area contributed by atoms with Gasteiger partial charge in [0.05, 0.1) is 12.5 Å². The van der Waals surface area contributed by atoms with Crippen molar-refractivity contribution in [2.24, 2.45) is 11.3 Å². The molecule has 0 aromatic rings. The van der Waals surface area contributed by atoms with Gasteiger partial charge in [0.2, 0.25) is 0 Å². The molecule has 2 nitrogen and oxygen atoms in total. The molecule has 1 atom stereocenters. The fourth-order valence-electron chi connectivity index (χ4n) is 0.985. The molecule has 1 aliphatic carbocycles. The van der Waals surface area contributed by atoms with Crippen LogP contribution >= 0.6 is 0 Å². The fourth-order valence-corrected chi connectivity index (χ4v) is 0.985.